The molecule has 0 rings (SSSR count). The average Bonchev–Trinajstić information content (AvgIpc) is 3.36. The number of hydrogen-bond acceptors (Lipinski definition) is 6. The van der Waals surface area contributed by atoms with Crippen molar-refractivity contribution in [2.45, 2.75) is 341 Å². The number of hydrogen-bond donors (Lipinski definition) is 0. The van der Waals surface area contributed by atoms with Gasteiger partial charge in [-0.05, 0) is 51.4 Å². The Hall–Kier alpha value is -2.37. The van der Waals surface area contributed by atoms with Crippen LogP contribution in [0.2, 0.25) is 0 Å². The molecule has 0 aliphatic carbocycles. The molecule has 0 aromatic rings. The van der Waals surface area contributed by atoms with Crippen LogP contribution in [0.5, 0.6) is 0 Å². The summed E-state index contributed by atoms with van der Waals surface area (Å²) in [6.45, 7) is 6.56. The molecule has 0 radical (unpaired) electrons. The largest absolute Gasteiger partial charge is 0.462 e. The summed E-state index contributed by atoms with van der Waals surface area (Å²) in [5.74, 6) is -0.884. The van der Waals surface area contributed by atoms with Crippen LogP contribution in [-0.4, -0.2) is 37.2 Å². The monoisotopic (exact) mass is 983 g/mol. The number of ether oxygens (including phenoxy) is 3. The highest BCUT2D eigenvalue weighted by molar-refractivity contribution is 5.71. The molecular formula is C64H118O6. The average molecular weight is 984 g/mol. The molecule has 0 aromatic heterocycles. The maximum absolute atomic E-state index is 12.9. The van der Waals surface area contributed by atoms with E-state index in [0.717, 1.165) is 83.5 Å². The standard InChI is InChI=1S/C64H118O6/c1-4-7-10-13-16-19-22-25-27-29-30-31-32-33-34-35-37-39-42-45-48-51-54-57-63(66)69-60-61(59-68-62(65)56-53-50-47-44-41-38-24-21-18-15-12-9-6-3)70-64(67)58-55-52-49-46-43-40-36-28-26-23-20-17-14-11-8-5-2/h9,12,18,21,38,41,61H,4-8,10-11,13-17,19-20,22-37,39-40,42-60H2,1-3H3/b12-9-,21-18-,41-38-. The summed E-state index contributed by atoms with van der Waals surface area (Å²) in [4.78, 5) is 38.2. The van der Waals surface area contributed by atoms with Gasteiger partial charge < -0.3 is 14.2 Å². The number of carbonyl (C=O) groups is 3. The van der Waals surface area contributed by atoms with Gasteiger partial charge in [0.15, 0.2) is 6.10 Å². The van der Waals surface area contributed by atoms with Crippen LogP contribution in [0, 0.1) is 0 Å². The van der Waals surface area contributed by atoms with E-state index >= 15 is 0 Å². The normalized spacial score (nSPS) is 12.2. The first-order valence-corrected chi connectivity index (χ1v) is 31.0. The molecule has 0 fully saturated rings. The van der Waals surface area contributed by atoms with Gasteiger partial charge in [0.1, 0.15) is 13.2 Å². The molecule has 1 unspecified atom stereocenters. The van der Waals surface area contributed by atoms with Gasteiger partial charge in [-0.3, -0.25) is 14.4 Å². The van der Waals surface area contributed by atoms with Gasteiger partial charge in [-0.25, -0.2) is 0 Å². The Morgan fingerprint density at radius 3 is 0.871 bits per heavy atom. The van der Waals surface area contributed by atoms with Gasteiger partial charge in [0.05, 0.1) is 0 Å². The van der Waals surface area contributed by atoms with E-state index in [1.54, 1.807) is 0 Å². The predicted octanol–water partition coefficient (Wildman–Crippen LogP) is 20.8. The van der Waals surface area contributed by atoms with Gasteiger partial charge >= 0.3 is 17.9 Å². The molecule has 410 valence electrons. The fourth-order valence-electron chi connectivity index (χ4n) is 9.28. The molecular weight excluding hydrogens is 865 g/mol. The van der Waals surface area contributed by atoms with Gasteiger partial charge in [0.25, 0.3) is 0 Å². The van der Waals surface area contributed by atoms with E-state index < -0.39 is 6.10 Å². The molecule has 0 bridgehead atoms. The minimum absolute atomic E-state index is 0.0763. The van der Waals surface area contributed by atoms with Crippen LogP contribution in [0.3, 0.4) is 0 Å². The summed E-state index contributed by atoms with van der Waals surface area (Å²) < 4.78 is 16.9. The van der Waals surface area contributed by atoms with E-state index in [4.69, 9.17) is 14.2 Å². The summed E-state index contributed by atoms with van der Waals surface area (Å²) in [6.07, 6.45) is 71.6. The molecule has 0 spiro atoms. The van der Waals surface area contributed by atoms with Crippen molar-refractivity contribution in [3.63, 3.8) is 0 Å². The van der Waals surface area contributed by atoms with Gasteiger partial charge in [0.2, 0.25) is 0 Å². The Balaban J connectivity index is 4.26. The van der Waals surface area contributed by atoms with Crippen LogP contribution in [0.1, 0.15) is 335 Å². The zero-order valence-electron chi connectivity index (χ0n) is 47.1. The molecule has 0 amide bonds. The summed E-state index contributed by atoms with van der Waals surface area (Å²) in [6, 6.07) is 0. The van der Waals surface area contributed by atoms with Crippen molar-refractivity contribution in [2.24, 2.45) is 0 Å². The topological polar surface area (TPSA) is 78.9 Å². The van der Waals surface area contributed by atoms with Crippen molar-refractivity contribution >= 4 is 17.9 Å². The number of rotatable bonds is 57. The second-order valence-electron chi connectivity index (χ2n) is 21.0. The Morgan fingerprint density at radius 1 is 0.300 bits per heavy atom. The highest BCUT2D eigenvalue weighted by Gasteiger charge is 2.19. The van der Waals surface area contributed by atoms with Crippen molar-refractivity contribution in [3.05, 3.63) is 36.5 Å². The number of carbonyl (C=O) groups excluding carboxylic acids is 3. The first-order chi connectivity index (χ1) is 34.5. The van der Waals surface area contributed by atoms with Gasteiger partial charge in [-0.15, -0.1) is 0 Å². The molecule has 70 heavy (non-hydrogen) atoms. The molecule has 0 aromatic carbocycles. The van der Waals surface area contributed by atoms with Crippen LogP contribution in [0.25, 0.3) is 0 Å². The Kier molecular flexibility index (Phi) is 57.2. The van der Waals surface area contributed by atoms with E-state index in [0.29, 0.717) is 19.3 Å². The SMILES string of the molecule is CC/C=C\C/C=C\C/C=C\CCCCCC(=O)OCC(COC(=O)CCCCCCCCCCCCCCCCCCCCCCCCC)OC(=O)CCCCCCCCCCCCCCCCCC. The number of unbranched alkanes of at least 4 members (excludes halogenated alkanes) is 40. The third-order valence-corrected chi connectivity index (χ3v) is 13.9. The van der Waals surface area contributed by atoms with E-state index in [9.17, 15) is 14.4 Å². The van der Waals surface area contributed by atoms with Crippen LogP contribution in [-0.2, 0) is 28.6 Å². The quantitative estimate of drug-likeness (QED) is 0.0261. The van der Waals surface area contributed by atoms with Crippen LogP contribution in [0.4, 0.5) is 0 Å². The molecule has 0 N–H and O–H groups in total. The fraction of sp³-hybridized carbons (Fsp3) is 0.859. The fourth-order valence-corrected chi connectivity index (χ4v) is 9.28. The van der Waals surface area contributed by atoms with Crippen molar-refractivity contribution in [1.82, 2.24) is 0 Å². The van der Waals surface area contributed by atoms with Gasteiger partial charge in [0, 0.05) is 19.3 Å². The first kappa shape index (κ1) is 67.6. The molecule has 0 aliphatic heterocycles. The third-order valence-electron chi connectivity index (χ3n) is 13.9. The Morgan fingerprint density at radius 2 is 0.557 bits per heavy atom. The molecule has 6 nitrogen and oxygen atoms in total. The minimum atomic E-state index is -0.780. The molecule has 0 saturated carbocycles. The lowest BCUT2D eigenvalue weighted by Crippen LogP contribution is -2.30. The summed E-state index contributed by atoms with van der Waals surface area (Å²) in [5, 5.41) is 0. The van der Waals surface area contributed by atoms with Gasteiger partial charge in [-0.2, -0.15) is 0 Å². The molecule has 0 aliphatic rings. The maximum atomic E-state index is 12.9. The highest BCUT2D eigenvalue weighted by atomic mass is 16.6. The van der Waals surface area contributed by atoms with Crippen LogP contribution < -0.4 is 0 Å². The van der Waals surface area contributed by atoms with Crippen molar-refractivity contribution in [2.75, 3.05) is 13.2 Å². The van der Waals surface area contributed by atoms with Crippen molar-refractivity contribution < 1.29 is 28.6 Å². The molecule has 0 heterocycles. The summed E-state index contributed by atoms with van der Waals surface area (Å²) in [5.41, 5.74) is 0. The lowest BCUT2D eigenvalue weighted by molar-refractivity contribution is -0.167. The summed E-state index contributed by atoms with van der Waals surface area (Å²) >= 11 is 0. The second-order valence-corrected chi connectivity index (χ2v) is 21.0. The van der Waals surface area contributed by atoms with Crippen LogP contribution in [0.15, 0.2) is 36.5 Å². The number of esters is 3. The lowest BCUT2D eigenvalue weighted by atomic mass is 10.0. The van der Waals surface area contributed by atoms with Gasteiger partial charge in [-0.1, -0.05) is 301 Å². The third kappa shape index (κ3) is 56.5. The number of allylic oxidation sites excluding steroid dienone is 6. The van der Waals surface area contributed by atoms with Crippen molar-refractivity contribution in [3.8, 4) is 0 Å². The van der Waals surface area contributed by atoms with Crippen molar-refractivity contribution in [1.29, 1.82) is 0 Å². The van der Waals surface area contributed by atoms with E-state index in [1.165, 1.54) is 212 Å². The molecule has 0 saturated heterocycles. The Labute approximate surface area is 435 Å². The smallest absolute Gasteiger partial charge is 0.306 e. The van der Waals surface area contributed by atoms with E-state index in [1.807, 2.05) is 0 Å². The minimum Gasteiger partial charge on any atom is -0.462 e. The Bertz CT molecular complexity index is 1170. The van der Waals surface area contributed by atoms with E-state index in [-0.39, 0.29) is 31.1 Å². The molecule has 1 atom stereocenters. The summed E-state index contributed by atoms with van der Waals surface area (Å²) in [7, 11) is 0. The van der Waals surface area contributed by atoms with E-state index in [2.05, 4.69) is 57.2 Å². The second kappa shape index (κ2) is 59.2. The predicted molar refractivity (Wildman–Crippen MR) is 302 cm³/mol. The van der Waals surface area contributed by atoms with Crippen LogP contribution >= 0.6 is 0 Å². The zero-order chi connectivity index (χ0) is 50.7. The zero-order valence-corrected chi connectivity index (χ0v) is 47.1. The highest BCUT2D eigenvalue weighted by Crippen LogP contribution is 2.18. The maximum Gasteiger partial charge on any atom is 0.306 e. The first-order valence-electron chi connectivity index (χ1n) is 31.0. The molecule has 6 heteroatoms. The lowest BCUT2D eigenvalue weighted by Gasteiger charge is -2.18.